The first-order chi connectivity index (χ1) is 20.2. The van der Waals surface area contributed by atoms with Crippen LogP contribution in [0.5, 0.6) is 0 Å². The van der Waals surface area contributed by atoms with Gasteiger partial charge in [0.2, 0.25) is 0 Å². The molecule has 0 bridgehead atoms. The van der Waals surface area contributed by atoms with Crippen molar-refractivity contribution in [2.45, 2.75) is 91.9 Å². The molecule has 2 heterocycles. The van der Waals surface area contributed by atoms with Crippen molar-refractivity contribution >= 4 is 73.4 Å². The maximum absolute atomic E-state index is 5.05. The van der Waals surface area contributed by atoms with E-state index in [4.69, 9.17) is 9.98 Å². The van der Waals surface area contributed by atoms with E-state index in [9.17, 15) is 0 Å². The Bertz CT molecular complexity index is 1370. The van der Waals surface area contributed by atoms with Crippen molar-refractivity contribution in [3.63, 3.8) is 0 Å². The number of rotatable bonds is 11. The van der Waals surface area contributed by atoms with Crippen LogP contribution in [-0.4, -0.2) is 22.4 Å². The zero-order valence-electron chi connectivity index (χ0n) is 28.9. The van der Waals surface area contributed by atoms with Crippen molar-refractivity contribution in [1.82, 2.24) is 9.97 Å². The number of hydrogen-bond acceptors (Lipinski definition) is 4. The molecule has 0 radical (unpaired) electrons. The van der Waals surface area contributed by atoms with Gasteiger partial charge in [0.1, 0.15) is 0 Å². The van der Waals surface area contributed by atoms with E-state index in [0.29, 0.717) is 23.7 Å². The van der Waals surface area contributed by atoms with Crippen LogP contribution in [0.1, 0.15) is 113 Å². The molecule has 0 aliphatic carbocycles. The Hall–Kier alpha value is -1.77. The van der Waals surface area contributed by atoms with E-state index in [1.54, 1.807) is 0 Å². The van der Waals surface area contributed by atoms with Crippen LogP contribution in [-0.2, 0) is 45.8 Å². The normalized spacial score (nSPS) is 10.7. The van der Waals surface area contributed by atoms with Gasteiger partial charge < -0.3 is 0 Å². The van der Waals surface area contributed by atoms with Crippen molar-refractivity contribution in [3.8, 4) is 11.1 Å². The molecule has 0 atom stereocenters. The third-order valence-corrected chi connectivity index (χ3v) is 7.65. The molecule has 48 heavy (non-hydrogen) atoms. The summed E-state index contributed by atoms with van der Waals surface area (Å²) in [5.41, 5.74) is 11.9. The van der Waals surface area contributed by atoms with E-state index in [1.165, 1.54) is 33.4 Å². The molecule has 2 aromatic carbocycles. The second-order valence-corrected chi connectivity index (χ2v) is 12.3. The number of nitrogens with zero attached hydrogens (tertiary/aromatic N) is 4. The molecule has 0 aliphatic heterocycles. The van der Waals surface area contributed by atoms with E-state index in [-0.39, 0.29) is 82.6 Å². The molecule has 10 heteroatoms. The zero-order valence-corrected chi connectivity index (χ0v) is 34.1. The summed E-state index contributed by atoms with van der Waals surface area (Å²) in [6, 6.07) is 21.5. The molecule has 0 saturated carbocycles. The minimum atomic E-state index is 0. The first kappa shape index (κ1) is 50.6. The molecule has 4 rings (SSSR count). The van der Waals surface area contributed by atoms with Crippen LogP contribution in [0.25, 0.3) is 11.1 Å². The standard InChI is InChI=1S/C38H46N4.4ClH.2Ni/c1-25(2)33-21-29(22-34(26(3)4)37(33)41-19-15-31-13-9-11-17-39-31)30-23-35(27(5)6)38(36(24-30)28(7)8)42-20-16-32-14-10-12-18-40-32;;;;;;/h9-14,17-28H,15-16H2,1-8H3;4*1H;;. The molecule has 0 spiro atoms. The SMILES string of the molecule is CC(C)c1cc(-c2cc(C(C)C)c(N=CCc3ccccn3)c(C(C)C)c2)cc(C(C)C)c1N=CCc1ccccn1.Cl.Cl.Cl.Cl.[Ni].[Ni]. The quantitative estimate of drug-likeness (QED) is 0.112. The Morgan fingerprint density at radius 2 is 0.792 bits per heavy atom. The summed E-state index contributed by atoms with van der Waals surface area (Å²) in [6.45, 7) is 18.1. The molecule has 4 nitrogen and oxygen atoms in total. The van der Waals surface area contributed by atoms with Gasteiger partial charge in [0.15, 0.2) is 0 Å². The summed E-state index contributed by atoms with van der Waals surface area (Å²) in [5.74, 6) is 1.37. The van der Waals surface area contributed by atoms with Crippen LogP contribution in [0.3, 0.4) is 0 Å². The Kier molecular flexibility index (Phi) is 25.7. The van der Waals surface area contributed by atoms with E-state index in [2.05, 4.69) is 89.6 Å². The van der Waals surface area contributed by atoms with Crippen molar-refractivity contribution in [1.29, 1.82) is 0 Å². The molecule has 2 aromatic heterocycles. The van der Waals surface area contributed by atoms with Crippen LogP contribution in [0, 0.1) is 0 Å². The first-order valence-corrected chi connectivity index (χ1v) is 15.4. The summed E-state index contributed by atoms with van der Waals surface area (Å²) in [7, 11) is 0. The van der Waals surface area contributed by atoms with E-state index in [0.717, 1.165) is 35.6 Å². The van der Waals surface area contributed by atoms with Gasteiger partial charge in [-0.2, -0.15) is 0 Å². The molecule has 0 fully saturated rings. The summed E-state index contributed by atoms with van der Waals surface area (Å²) < 4.78 is 0. The van der Waals surface area contributed by atoms with Gasteiger partial charge in [-0.15, -0.1) is 49.6 Å². The largest absolute Gasteiger partial charge is 0.261 e. The molecule has 0 amide bonds. The Morgan fingerprint density at radius 3 is 1.02 bits per heavy atom. The molecule has 4 aromatic rings. The molecule has 0 saturated heterocycles. The third-order valence-electron chi connectivity index (χ3n) is 7.65. The van der Waals surface area contributed by atoms with Gasteiger partial charge in [-0.1, -0.05) is 67.5 Å². The number of aromatic nitrogens is 2. The average molecular weight is 822 g/mol. The van der Waals surface area contributed by atoms with Crippen molar-refractivity contribution in [2.75, 3.05) is 0 Å². The molecule has 0 N–H and O–H groups in total. The van der Waals surface area contributed by atoms with Crippen molar-refractivity contribution in [3.05, 3.63) is 107 Å². The number of benzene rings is 2. The van der Waals surface area contributed by atoms with E-state index >= 15 is 0 Å². The van der Waals surface area contributed by atoms with E-state index < -0.39 is 0 Å². The molecule has 270 valence electrons. The predicted molar refractivity (Wildman–Crippen MR) is 209 cm³/mol. The van der Waals surface area contributed by atoms with Crippen LogP contribution in [0.2, 0.25) is 0 Å². The van der Waals surface area contributed by atoms with Crippen LogP contribution in [0.4, 0.5) is 11.4 Å². The first-order valence-electron chi connectivity index (χ1n) is 15.4. The predicted octanol–water partition coefficient (Wildman–Crippen LogP) is 12.2. The van der Waals surface area contributed by atoms with Crippen LogP contribution in [0.15, 0.2) is 83.0 Å². The number of pyridine rings is 2. The summed E-state index contributed by atoms with van der Waals surface area (Å²) in [5, 5.41) is 0. The monoisotopic (exact) mass is 818 g/mol. The Labute approximate surface area is 333 Å². The second kappa shape index (κ2) is 24.4. The number of hydrogen-bond donors (Lipinski definition) is 0. The summed E-state index contributed by atoms with van der Waals surface area (Å²) >= 11 is 0. The summed E-state index contributed by atoms with van der Waals surface area (Å²) in [4.78, 5) is 19.0. The minimum Gasteiger partial charge on any atom is -0.261 e. The fourth-order valence-electron chi connectivity index (χ4n) is 5.25. The third kappa shape index (κ3) is 13.5. The van der Waals surface area contributed by atoms with Gasteiger partial charge in [0, 0.05) is 82.0 Å². The van der Waals surface area contributed by atoms with Gasteiger partial charge >= 0.3 is 0 Å². The fourth-order valence-corrected chi connectivity index (χ4v) is 5.25. The Morgan fingerprint density at radius 1 is 0.500 bits per heavy atom. The summed E-state index contributed by atoms with van der Waals surface area (Å²) in [6.07, 6.45) is 9.14. The molecule has 0 unspecified atom stereocenters. The number of aliphatic imine (C=N–C) groups is 2. The van der Waals surface area contributed by atoms with Gasteiger partial charge in [-0.25, -0.2) is 0 Å². The molecular formula is C38H50Cl4N4Ni2. The maximum Gasteiger partial charge on any atom is 0.0695 e. The van der Waals surface area contributed by atoms with E-state index in [1.807, 2.05) is 61.2 Å². The zero-order chi connectivity index (χ0) is 30.2. The molecule has 0 aliphatic rings. The fraction of sp³-hybridized carbons (Fsp3) is 0.368. The van der Waals surface area contributed by atoms with Crippen LogP contribution >= 0.6 is 49.6 Å². The topological polar surface area (TPSA) is 50.5 Å². The molecular weight excluding hydrogens is 772 g/mol. The minimum absolute atomic E-state index is 0. The smallest absolute Gasteiger partial charge is 0.0695 e. The van der Waals surface area contributed by atoms with Gasteiger partial charge in [0.25, 0.3) is 0 Å². The van der Waals surface area contributed by atoms with Gasteiger partial charge in [-0.05, 0) is 106 Å². The maximum atomic E-state index is 5.05. The van der Waals surface area contributed by atoms with Crippen molar-refractivity contribution in [2.24, 2.45) is 9.98 Å². The average Bonchev–Trinajstić information content (AvgIpc) is 2.97. The van der Waals surface area contributed by atoms with Gasteiger partial charge in [0.05, 0.1) is 11.4 Å². The van der Waals surface area contributed by atoms with Crippen LogP contribution < -0.4 is 0 Å². The second-order valence-electron chi connectivity index (χ2n) is 12.3. The van der Waals surface area contributed by atoms with Crippen molar-refractivity contribution < 1.29 is 33.0 Å². The van der Waals surface area contributed by atoms with Gasteiger partial charge in [-0.3, -0.25) is 20.0 Å². The Balaban J connectivity index is -0.00000337. The number of halogens is 4.